The standard InChI is InChI=1S/C23H29.C13H10.C5H5.2ClH.Zr/c1-14-9-16-11-17-10-15(2)21(23(6,7)8)13-19(17)18(16)12-20(14)22(3,4)5;1-3-7-12(8-4-1)11-13-9-5-2-6-10-13;1-2-4-5-3-1;;;/h9,12-13H,11H2,1-8H3;1-10H;1-5H;2*1H;/q;;;;;+2/p-2. The van der Waals surface area contributed by atoms with Crippen LogP contribution in [0.25, 0.3) is 11.1 Å². The Morgan fingerprint density at radius 2 is 1.16 bits per heavy atom. The zero-order valence-corrected chi connectivity index (χ0v) is 31.3. The number of rotatable bonds is 4. The molecule has 6 rings (SSSR count). The van der Waals surface area contributed by atoms with Gasteiger partial charge in [-0.15, -0.1) is 0 Å². The maximum atomic E-state index is 2.58. The summed E-state index contributed by atoms with van der Waals surface area (Å²) >= 11 is -2.69. The van der Waals surface area contributed by atoms with Crippen LogP contribution in [0.15, 0.2) is 103 Å². The summed E-state index contributed by atoms with van der Waals surface area (Å²) in [5.41, 5.74) is 15.0. The molecular formula is C41H44Cl2Zr. The van der Waals surface area contributed by atoms with Gasteiger partial charge in [0.2, 0.25) is 0 Å². The Labute approximate surface area is 285 Å². The summed E-state index contributed by atoms with van der Waals surface area (Å²) in [6, 6.07) is 30.2. The molecular weight excluding hydrogens is 655 g/mol. The second-order valence-electron chi connectivity index (χ2n) is 14.3. The first kappa shape index (κ1) is 34.6. The topological polar surface area (TPSA) is 0 Å². The van der Waals surface area contributed by atoms with Gasteiger partial charge >= 0.3 is 263 Å². The molecule has 0 saturated carbocycles. The van der Waals surface area contributed by atoms with E-state index in [1.165, 1.54) is 50.1 Å². The molecule has 0 aliphatic heterocycles. The fourth-order valence-electron chi connectivity index (χ4n) is 7.34. The van der Waals surface area contributed by atoms with Gasteiger partial charge in [0, 0.05) is 0 Å². The third-order valence-corrected chi connectivity index (χ3v) is 17.5. The van der Waals surface area contributed by atoms with Crippen molar-refractivity contribution < 1.29 is 46.1 Å². The van der Waals surface area contributed by atoms with Crippen molar-refractivity contribution in [3.05, 3.63) is 148 Å². The summed E-state index contributed by atoms with van der Waals surface area (Å²) in [6.07, 6.45) is 10.6. The molecule has 3 heteroatoms. The van der Waals surface area contributed by atoms with Crippen molar-refractivity contribution in [2.45, 2.75) is 76.3 Å². The molecule has 226 valence electrons. The molecule has 4 aromatic rings. The molecule has 0 spiro atoms. The number of hydrogen-bond donors (Lipinski definition) is 0. The Morgan fingerprint density at radius 1 is 0.659 bits per heavy atom. The Hall–Kier alpha value is -2.31. The largest absolute Gasteiger partial charge is 1.00 e. The van der Waals surface area contributed by atoms with E-state index >= 15 is 0 Å². The number of aryl methyl sites for hydroxylation is 1. The van der Waals surface area contributed by atoms with E-state index in [9.17, 15) is 0 Å². The fourth-order valence-corrected chi connectivity index (χ4v) is 16.1. The predicted octanol–water partition coefficient (Wildman–Crippen LogP) is 3.90. The maximum Gasteiger partial charge on any atom is -1.00 e. The van der Waals surface area contributed by atoms with Crippen LogP contribution in [0, 0.1) is 13.8 Å². The first-order valence-corrected chi connectivity index (χ1v) is 19.3. The number of hydrogen-bond acceptors (Lipinski definition) is 0. The Kier molecular flexibility index (Phi) is 10.4. The van der Waals surface area contributed by atoms with Crippen LogP contribution in [-0.2, 0) is 38.5 Å². The van der Waals surface area contributed by atoms with E-state index in [4.69, 9.17) is 0 Å². The van der Waals surface area contributed by atoms with Gasteiger partial charge in [-0.1, -0.05) is 0 Å². The van der Waals surface area contributed by atoms with Gasteiger partial charge in [0.1, 0.15) is 0 Å². The summed E-state index contributed by atoms with van der Waals surface area (Å²) in [4.78, 5) is 0. The Balaban J connectivity index is 0.00000221. The van der Waals surface area contributed by atoms with Crippen LogP contribution < -0.4 is 28.1 Å². The summed E-state index contributed by atoms with van der Waals surface area (Å²) in [5.74, 6) is 0. The molecule has 2 aliphatic rings. The summed E-state index contributed by atoms with van der Waals surface area (Å²) in [7, 11) is 0. The molecule has 0 amide bonds. The molecule has 44 heavy (non-hydrogen) atoms. The Bertz CT molecular complexity index is 1710. The van der Waals surface area contributed by atoms with Gasteiger partial charge < -0.3 is 24.8 Å². The van der Waals surface area contributed by atoms with Crippen LogP contribution in [0.5, 0.6) is 0 Å². The van der Waals surface area contributed by atoms with E-state index in [1.54, 1.807) is 12.0 Å². The maximum absolute atomic E-state index is 2.69. The van der Waals surface area contributed by atoms with Gasteiger partial charge in [0.05, 0.1) is 0 Å². The average Bonchev–Trinajstić information content (AvgIpc) is 3.59. The second kappa shape index (κ2) is 13.2. The number of allylic oxidation sites excluding steroid dienone is 4. The van der Waals surface area contributed by atoms with Gasteiger partial charge in [-0.3, -0.25) is 0 Å². The molecule has 0 atom stereocenters. The van der Waals surface area contributed by atoms with Gasteiger partial charge in [0.15, 0.2) is 0 Å². The number of benzene rings is 4. The molecule has 0 nitrogen and oxygen atoms in total. The predicted molar refractivity (Wildman–Crippen MR) is 179 cm³/mol. The van der Waals surface area contributed by atoms with Crippen LogP contribution in [0.2, 0.25) is 3.63 Å². The smallest absolute Gasteiger partial charge is 1.00 e. The third kappa shape index (κ3) is 6.36. The van der Waals surface area contributed by atoms with E-state index in [1.807, 2.05) is 0 Å². The third-order valence-electron chi connectivity index (χ3n) is 9.16. The number of halogens is 2. The summed E-state index contributed by atoms with van der Waals surface area (Å²) in [5, 5.41) is 0. The first-order valence-electron chi connectivity index (χ1n) is 15.5. The molecule has 0 saturated heterocycles. The van der Waals surface area contributed by atoms with E-state index in [0.717, 1.165) is 6.42 Å². The molecule has 4 aromatic carbocycles. The monoisotopic (exact) mass is 696 g/mol. The van der Waals surface area contributed by atoms with Gasteiger partial charge in [-0.05, 0) is 0 Å². The molecule has 0 bridgehead atoms. The van der Waals surface area contributed by atoms with Crippen LogP contribution in [0.4, 0.5) is 0 Å². The van der Waals surface area contributed by atoms with Crippen molar-refractivity contribution in [2.75, 3.05) is 0 Å². The van der Waals surface area contributed by atoms with Gasteiger partial charge in [0.25, 0.3) is 0 Å². The van der Waals surface area contributed by atoms with E-state index in [2.05, 4.69) is 159 Å². The average molecular weight is 699 g/mol. The minimum atomic E-state index is -2.69. The molecule has 0 fully saturated rings. The zero-order chi connectivity index (χ0) is 29.8. The summed E-state index contributed by atoms with van der Waals surface area (Å²) < 4.78 is 3.81. The van der Waals surface area contributed by atoms with E-state index in [0.29, 0.717) is 3.63 Å². The van der Waals surface area contributed by atoms with Crippen LogP contribution in [0.1, 0.15) is 86.1 Å². The molecule has 0 N–H and O–H groups in total. The van der Waals surface area contributed by atoms with Gasteiger partial charge in [-0.2, -0.15) is 0 Å². The SMILES string of the molecule is Cc1cc2c(cc1C(C)(C)C)-c1cc(C(C)(C)C)c(C)[c]([Zr+2](=[C](c3ccccc3)c3ccccc3)[CH]3C=CC=C3)c1C2.[Cl-].[Cl-]. The normalized spacial score (nSPS) is 13.4. The second-order valence-corrected chi connectivity index (χ2v) is 20.4. The van der Waals surface area contributed by atoms with Crippen LogP contribution >= 0.6 is 0 Å². The van der Waals surface area contributed by atoms with Crippen molar-refractivity contribution in [3.63, 3.8) is 0 Å². The molecule has 0 radical (unpaired) electrons. The van der Waals surface area contributed by atoms with E-state index < -0.39 is 21.3 Å². The summed E-state index contributed by atoms with van der Waals surface area (Å²) in [6.45, 7) is 19.0. The zero-order valence-electron chi connectivity index (χ0n) is 27.4. The minimum absolute atomic E-state index is 0. The van der Waals surface area contributed by atoms with Crippen molar-refractivity contribution in [2.24, 2.45) is 0 Å². The van der Waals surface area contributed by atoms with Crippen LogP contribution in [-0.4, -0.2) is 3.21 Å². The molecule has 0 aromatic heterocycles. The van der Waals surface area contributed by atoms with Gasteiger partial charge in [-0.25, -0.2) is 0 Å². The van der Waals surface area contributed by atoms with E-state index in [-0.39, 0.29) is 35.6 Å². The minimum Gasteiger partial charge on any atom is -1.00 e. The quantitative estimate of drug-likeness (QED) is 0.268. The molecule has 0 heterocycles. The molecule has 2 aliphatic carbocycles. The first-order chi connectivity index (χ1) is 19.9. The van der Waals surface area contributed by atoms with Crippen molar-refractivity contribution in [3.8, 4) is 11.1 Å². The Morgan fingerprint density at radius 3 is 1.66 bits per heavy atom. The fraction of sp³-hybridized carbons (Fsp3) is 0.293. The van der Waals surface area contributed by atoms with Crippen molar-refractivity contribution in [1.29, 1.82) is 0 Å². The van der Waals surface area contributed by atoms with Crippen molar-refractivity contribution in [1.82, 2.24) is 0 Å². The molecule has 0 unspecified atom stereocenters. The number of fused-ring (bicyclic) bond motifs is 3. The van der Waals surface area contributed by atoms with Crippen LogP contribution in [0.3, 0.4) is 0 Å². The van der Waals surface area contributed by atoms with Crippen molar-refractivity contribution >= 4 is 6.48 Å².